The lowest BCUT2D eigenvalue weighted by Crippen LogP contribution is -2.41. The summed E-state index contributed by atoms with van der Waals surface area (Å²) in [5, 5.41) is 20.9. The van der Waals surface area contributed by atoms with E-state index in [1.54, 1.807) is 13.8 Å². The van der Waals surface area contributed by atoms with Crippen LogP contribution in [0.5, 0.6) is 0 Å². The first-order valence-corrected chi connectivity index (χ1v) is 4.62. The molecule has 3 N–H and O–H groups in total. The number of carbonyl (C=O) groups is 1. The minimum absolute atomic E-state index is 0.0984. The molecule has 4 heteroatoms. The van der Waals surface area contributed by atoms with E-state index >= 15 is 0 Å². The molecule has 0 aliphatic heterocycles. The lowest BCUT2D eigenvalue weighted by molar-refractivity contribution is -0.131. The van der Waals surface area contributed by atoms with Gasteiger partial charge in [0.2, 0.25) is 5.91 Å². The fraction of sp³-hybridized carbons (Fsp3) is 0.889. The third-order valence-electron chi connectivity index (χ3n) is 1.88. The minimum atomic E-state index is -0.982. The van der Waals surface area contributed by atoms with Crippen LogP contribution in [0.15, 0.2) is 0 Å². The monoisotopic (exact) mass is 189 g/mol. The van der Waals surface area contributed by atoms with Gasteiger partial charge in [-0.2, -0.15) is 0 Å². The molecule has 78 valence electrons. The van der Waals surface area contributed by atoms with Crippen LogP contribution < -0.4 is 5.32 Å². The number of rotatable bonds is 5. The molecule has 0 saturated carbocycles. The van der Waals surface area contributed by atoms with Crippen LogP contribution in [0.3, 0.4) is 0 Å². The van der Waals surface area contributed by atoms with Crippen LogP contribution in [0.2, 0.25) is 0 Å². The Hall–Kier alpha value is -0.610. The molecular formula is C9H19NO3. The van der Waals surface area contributed by atoms with Crippen molar-refractivity contribution in [2.24, 2.45) is 5.92 Å². The van der Waals surface area contributed by atoms with Crippen molar-refractivity contribution < 1.29 is 15.0 Å². The number of carbonyl (C=O) groups excluding carboxylic acids is 1. The van der Waals surface area contributed by atoms with Crippen molar-refractivity contribution in [3.05, 3.63) is 0 Å². The number of hydrogen-bond acceptors (Lipinski definition) is 3. The average Bonchev–Trinajstić information content (AvgIpc) is 2.11. The van der Waals surface area contributed by atoms with E-state index in [4.69, 9.17) is 5.11 Å². The van der Waals surface area contributed by atoms with Gasteiger partial charge in [0.05, 0.1) is 6.10 Å². The Morgan fingerprint density at radius 1 is 1.38 bits per heavy atom. The molecule has 13 heavy (non-hydrogen) atoms. The summed E-state index contributed by atoms with van der Waals surface area (Å²) < 4.78 is 0. The molecule has 0 aromatic rings. The molecular weight excluding hydrogens is 170 g/mol. The second kappa shape index (κ2) is 5.94. The zero-order chi connectivity index (χ0) is 10.4. The van der Waals surface area contributed by atoms with Gasteiger partial charge in [0.15, 0.2) is 0 Å². The molecule has 0 heterocycles. The van der Waals surface area contributed by atoms with E-state index < -0.39 is 18.1 Å². The van der Waals surface area contributed by atoms with Gasteiger partial charge in [0.25, 0.3) is 0 Å². The van der Waals surface area contributed by atoms with Gasteiger partial charge >= 0.3 is 0 Å². The van der Waals surface area contributed by atoms with Crippen LogP contribution in [-0.4, -0.2) is 34.9 Å². The molecule has 0 spiro atoms. The number of aliphatic hydroxyl groups is 2. The van der Waals surface area contributed by atoms with Crippen molar-refractivity contribution in [1.82, 2.24) is 5.32 Å². The Kier molecular flexibility index (Phi) is 5.66. The Morgan fingerprint density at radius 2 is 1.92 bits per heavy atom. The van der Waals surface area contributed by atoms with Crippen LogP contribution in [0.1, 0.15) is 27.2 Å². The third-order valence-corrected chi connectivity index (χ3v) is 1.88. The summed E-state index contributed by atoms with van der Waals surface area (Å²) in [7, 11) is 0. The molecule has 0 aliphatic rings. The van der Waals surface area contributed by atoms with E-state index in [2.05, 4.69) is 5.32 Å². The summed E-state index contributed by atoms with van der Waals surface area (Å²) in [6.45, 7) is 5.57. The second-order valence-electron chi connectivity index (χ2n) is 3.50. The normalized spacial score (nSPS) is 15.5. The number of nitrogens with one attached hydrogen (secondary N) is 1. The van der Waals surface area contributed by atoms with Gasteiger partial charge in [0.1, 0.15) is 6.10 Å². The smallest absolute Gasteiger partial charge is 0.249 e. The highest BCUT2D eigenvalue weighted by molar-refractivity contribution is 5.80. The van der Waals surface area contributed by atoms with Gasteiger partial charge in [-0.15, -0.1) is 0 Å². The standard InChI is InChI=1S/C9H19NO3/c1-4-7(11)5-10-9(13)8(12)6(2)3/h6-8,11-12H,4-5H2,1-3H3,(H,10,13)/t7-,8-/m1/s1. The second-order valence-corrected chi connectivity index (χ2v) is 3.50. The minimum Gasteiger partial charge on any atom is -0.391 e. The fourth-order valence-corrected chi connectivity index (χ4v) is 0.770. The zero-order valence-electron chi connectivity index (χ0n) is 8.45. The molecule has 0 unspecified atom stereocenters. The molecule has 0 rings (SSSR count). The van der Waals surface area contributed by atoms with Crippen molar-refractivity contribution in [3.8, 4) is 0 Å². The Labute approximate surface area is 79.0 Å². The average molecular weight is 189 g/mol. The van der Waals surface area contributed by atoms with E-state index in [-0.39, 0.29) is 12.5 Å². The van der Waals surface area contributed by atoms with Crippen LogP contribution in [0.4, 0.5) is 0 Å². The zero-order valence-corrected chi connectivity index (χ0v) is 8.45. The van der Waals surface area contributed by atoms with E-state index in [1.807, 2.05) is 6.92 Å². The first-order chi connectivity index (χ1) is 5.99. The summed E-state index contributed by atoms with van der Waals surface area (Å²) in [5.74, 6) is -0.513. The molecule has 0 aromatic heterocycles. The quantitative estimate of drug-likeness (QED) is 0.565. The molecule has 0 aromatic carbocycles. The lowest BCUT2D eigenvalue weighted by atomic mass is 10.1. The molecule has 1 amide bonds. The molecule has 4 nitrogen and oxygen atoms in total. The topological polar surface area (TPSA) is 69.6 Å². The van der Waals surface area contributed by atoms with Crippen LogP contribution in [0, 0.1) is 5.92 Å². The van der Waals surface area contributed by atoms with Crippen molar-refractivity contribution >= 4 is 5.91 Å². The predicted molar refractivity (Wildman–Crippen MR) is 50.2 cm³/mol. The summed E-state index contributed by atoms with van der Waals surface area (Å²) in [5.41, 5.74) is 0. The Morgan fingerprint density at radius 3 is 2.31 bits per heavy atom. The van der Waals surface area contributed by atoms with E-state index in [9.17, 15) is 9.90 Å². The highest BCUT2D eigenvalue weighted by Gasteiger charge is 2.18. The molecule has 0 bridgehead atoms. The number of amides is 1. The van der Waals surface area contributed by atoms with Gasteiger partial charge < -0.3 is 15.5 Å². The molecule has 0 radical (unpaired) electrons. The maximum Gasteiger partial charge on any atom is 0.249 e. The van der Waals surface area contributed by atoms with Gasteiger partial charge in [-0.1, -0.05) is 20.8 Å². The number of aliphatic hydroxyl groups excluding tert-OH is 2. The van der Waals surface area contributed by atoms with E-state index in [0.717, 1.165) is 0 Å². The van der Waals surface area contributed by atoms with Gasteiger partial charge in [-0.05, 0) is 12.3 Å². The largest absolute Gasteiger partial charge is 0.391 e. The lowest BCUT2D eigenvalue weighted by Gasteiger charge is -2.15. The molecule has 0 aliphatic carbocycles. The molecule has 2 atom stereocenters. The first kappa shape index (κ1) is 12.4. The van der Waals surface area contributed by atoms with Crippen LogP contribution in [-0.2, 0) is 4.79 Å². The van der Waals surface area contributed by atoms with E-state index in [0.29, 0.717) is 6.42 Å². The first-order valence-electron chi connectivity index (χ1n) is 4.62. The number of hydrogen-bond donors (Lipinski definition) is 3. The Bertz CT molecular complexity index is 159. The fourth-order valence-electron chi connectivity index (χ4n) is 0.770. The highest BCUT2D eigenvalue weighted by Crippen LogP contribution is 2.00. The molecule has 0 fully saturated rings. The summed E-state index contributed by atoms with van der Waals surface area (Å²) >= 11 is 0. The van der Waals surface area contributed by atoms with Gasteiger partial charge in [0, 0.05) is 6.54 Å². The van der Waals surface area contributed by atoms with Crippen molar-refractivity contribution in [3.63, 3.8) is 0 Å². The Balaban J connectivity index is 3.74. The van der Waals surface area contributed by atoms with Crippen molar-refractivity contribution in [2.75, 3.05) is 6.54 Å². The van der Waals surface area contributed by atoms with Gasteiger partial charge in [-0.25, -0.2) is 0 Å². The van der Waals surface area contributed by atoms with Gasteiger partial charge in [-0.3, -0.25) is 4.79 Å². The summed E-state index contributed by atoms with van der Waals surface area (Å²) in [4.78, 5) is 11.1. The van der Waals surface area contributed by atoms with Crippen LogP contribution in [0.25, 0.3) is 0 Å². The summed E-state index contributed by atoms with van der Waals surface area (Å²) in [6.07, 6.45) is -0.912. The highest BCUT2D eigenvalue weighted by atomic mass is 16.3. The summed E-state index contributed by atoms with van der Waals surface area (Å²) in [6, 6.07) is 0. The SMILES string of the molecule is CC[C@@H](O)CNC(=O)[C@H](O)C(C)C. The van der Waals surface area contributed by atoms with Crippen molar-refractivity contribution in [1.29, 1.82) is 0 Å². The maximum absolute atomic E-state index is 11.1. The van der Waals surface area contributed by atoms with E-state index in [1.165, 1.54) is 0 Å². The van der Waals surface area contributed by atoms with Crippen molar-refractivity contribution in [2.45, 2.75) is 39.4 Å². The predicted octanol–water partition coefficient (Wildman–Crippen LogP) is -0.110. The maximum atomic E-state index is 11.1. The van der Waals surface area contributed by atoms with Crippen LogP contribution >= 0.6 is 0 Å². The molecule has 0 saturated heterocycles. The third kappa shape index (κ3) is 4.85.